The van der Waals surface area contributed by atoms with Crippen molar-refractivity contribution in [1.82, 2.24) is 19.4 Å². The Kier molecular flexibility index (Phi) is 5.61. The zero-order valence-corrected chi connectivity index (χ0v) is 17.0. The summed E-state index contributed by atoms with van der Waals surface area (Å²) in [6, 6.07) is 2.01. The number of aryl methyl sites for hydroxylation is 1. The Morgan fingerprint density at radius 2 is 1.96 bits per heavy atom. The van der Waals surface area contributed by atoms with Crippen LogP contribution in [0.5, 0.6) is 0 Å². The number of rotatable bonds is 4. The SMILES string of the molecule is Cc1cc(C(=O)N2CCC(CN3CCOCC3)CC2)c(C)n1-c1nccs1. The number of likely N-dealkylation sites (tertiary alicyclic amines) is 1. The summed E-state index contributed by atoms with van der Waals surface area (Å²) in [7, 11) is 0. The third-order valence-electron chi connectivity index (χ3n) is 5.79. The van der Waals surface area contributed by atoms with Crippen molar-refractivity contribution in [3.63, 3.8) is 0 Å². The molecule has 4 heterocycles. The molecule has 0 aromatic carbocycles. The molecule has 146 valence electrons. The Hall–Kier alpha value is -1.70. The second-order valence-electron chi connectivity index (χ2n) is 7.58. The van der Waals surface area contributed by atoms with Crippen LogP contribution < -0.4 is 0 Å². The van der Waals surface area contributed by atoms with Gasteiger partial charge >= 0.3 is 0 Å². The number of morpholine rings is 1. The third-order valence-corrected chi connectivity index (χ3v) is 6.55. The van der Waals surface area contributed by atoms with Gasteiger partial charge in [0.15, 0.2) is 5.13 Å². The fourth-order valence-electron chi connectivity index (χ4n) is 4.24. The first-order chi connectivity index (χ1) is 13.1. The smallest absolute Gasteiger partial charge is 0.255 e. The Bertz CT molecular complexity index is 772. The summed E-state index contributed by atoms with van der Waals surface area (Å²) in [5.41, 5.74) is 2.87. The van der Waals surface area contributed by atoms with Crippen LogP contribution in [0.1, 0.15) is 34.6 Å². The molecule has 0 N–H and O–H groups in total. The minimum absolute atomic E-state index is 0.163. The standard InChI is InChI=1S/C20H28N4O2S/c1-15-13-18(16(2)24(15)20-21-5-12-27-20)19(25)23-6-3-17(4-7-23)14-22-8-10-26-11-9-22/h5,12-13,17H,3-4,6-11,14H2,1-2H3. The third kappa shape index (κ3) is 3.95. The Morgan fingerprint density at radius 3 is 2.63 bits per heavy atom. The molecule has 2 aliphatic heterocycles. The number of carbonyl (C=O) groups is 1. The summed E-state index contributed by atoms with van der Waals surface area (Å²) >= 11 is 1.60. The lowest BCUT2D eigenvalue weighted by Gasteiger charge is -2.36. The molecule has 4 rings (SSSR count). The van der Waals surface area contributed by atoms with E-state index in [0.717, 1.165) is 80.9 Å². The predicted molar refractivity (Wildman–Crippen MR) is 107 cm³/mol. The first kappa shape index (κ1) is 18.7. The number of hydrogen-bond acceptors (Lipinski definition) is 5. The molecule has 1 amide bonds. The van der Waals surface area contributed by atoms with Crippen LogP contribution in [0, 0.1) is 19.8 Å². The van der Waals surface area contributed by atoms with Crippen LogP contribution in [0.25, 0.3) is 5.13 Å². The molecule has 0 saturated carbocycles. The van der Waals surface area contributed by atoms with Crippen molar-refractivity contribution in [2.75, 3.05) is 45.9 Å². The number of aromatic nitrogens is 2. The van der Waals surface area contributed by atoms with Crippen LogP contribution >= 0.6 is 11.3 Å². The Morgan fingerprint density at radius 1 is 1.22 bits per heavy atom. The van der Waals surface area contributed by atoms with E-state index in [2.05, 4.69) is 14.5 Å². The van der Waals surface area contributed by atoms with Crippen LogP contribution in [-0.2, 0) is 4.74 Å². The van der Waals surface area contributed by atoms with Gasteiger partial charge < -0.3 is 9.64 Å². The van der Waals surface area contributed by atoms with E-state index in [-0.39, 0.29) is 5.91 Å². The lowest BCUT2D eigenvalue weighted by molar-refractivity contribution is 0.0243. The van der Waals surface area contributed by atoms with E-state index in [1.807, 2.05) is 30.2 Å². The van der Waals surface area contributed by atoms with E-state index in [0.29, 0.717) is 5.92 Å². The molecule has 0 bridgehead atoms. The molecule has 0 radical (unpaired) electrons. The summed E-state index contributed by atoms with van der Waals surface area (Å²) in [4.78, 5) is 22.1. The molecule has 2 aromatic rings. The molecule has 0 aliphatic carbocycles. The van der Waals surface area contributed by atoms with Crippen molar-refractivity contribution >= 4 is 17.2 Å². The van der Waals surface area contributed by atoms with Gasteiger partial charge in [0.2, 0.25) is 0 Å². The fraction of sp³-hybridized carbons (Fsp3) is 0.600. The number of thiazole rings is 1. The second-order valence-corrected chi connectivity index (χ2v) is 8.46. The Balaban J connectivity index is 1.39. The average molecular weight is 389 g/mol. The van der Waals surface area contributed by atoms with Gasteiger partial charge in [-0.1, -0.05) is 0 Å². The van der Waals surface area contributed by atoms with Crippen molar-refractivity contribution < 1.29 is 9.53 Å². The zero-order chi connectivity index (χ0) is 18.8. The van der Waals surface area contributed by atoms with Crippen molar-refractivity contribution in [1.29, 1.82) is 0 Å². The number of piperidine rings is 1. The van der Waals surface area contributed by atoms with Crippen molar-refractivity contribution in [2.45, 2.75) is 26.7 Å². The highest BCUT2D eigenvalue weighted by molar-refractivity contribution is 7.12. The summed E-state index contributed by atoms with van der Waals surface area (Å²) < 4.78 is 7.52. The highest BCUT2D eigenvalue weighted by Gasteiger charge is 2.28. The fourth-order valence-corrected chi connectivity index (χ4v) is 4.99. The monoisotopic (exact) mass is 388 g/mol. The molecular formula is C20H28N4O2S. The van der Waals surface area contributed by atoms with Gasteiger partial charge in [-0.3, -0.25) is 14.3 Å². The van der Waals surface area contributed by atoms with E-state index in [1.54, 1.807) is 17.5 Å². The number of ether oxygens (including phenoxy) is 1. The zero-order valence-electron chi connectivity index (χ0n) is 16.2. The number of nitrogens with zero attached hydrogens (tertiary/aromatic N) is 4. The summed E-state index contributed by atoms with van der Waals surface area (Å²) in [5.74, 6) is 0.852. The van der Waals surface area contributed by atoms with Crippen LogP contribution in [-0.4, -0.2) is 71.2 Å². The molecule has 0 spiro atoms. The Labute approximate surface area is 164 Å². The number of hydrogen-bond donors (Lipinski definition) is 0. The molecule has 2 aromatic heterocycles. The normalized spacial score (nSPS) is 19.6. The summed E-state index contributed by atoms with van der Waals surface area (Å²) in [5, 5.41) is 2.89. The molecule has 27 heavy (non-hydrogen) atoms. The molecule has 0 atom stereocenters. The molecule has 2 aliphatic rings. The van der Waals surface area contributed by atoms with E-state index >= 15 is 0 Å². The van der Waals surface area contributed by atoms with Crippen LogP contribution in [0.15, 0.2) is 17.6 Å². The first-order valence-electron chi connectivity index (χ1n) is 9.81. The predicted octanol–water partition coefficient (Wildman–Crippen LogP) is 2.74. The molecule has 6 nitrogen and oxygen atoms in total. The quantitative estimate of drug-likeness (QED) is 0.808. The molecule has 0 unspecified atom stereocenters. The summed E-state index contributed by atoms with van der Waals surface area (Å²) in [6.45, 7) is 10.7. The highest BCUT2D eigenvalue weighted by atomic mass is 32.1. The minimum atomic E-state index is 0.163. The second kappa shape index (κ2) is 8.12. The first-order valence-corrected chi connectivity index (χ1v) is 10.7. The maximum absolute atomic E-state index is 13.1. The van der Waals surface area contributed by atoms with E-state index < -0.39 is 0 Å². The average Bonchev–Trinajstić information content (AvgIpc) is 3.30. The van der Waals surface area contributed by atoms with E-state index in [4.69, 9.17) is 4.74 Å². The van der Waals surface area contributed by atoms with Gasteiger partial charge in [0, 0.05) is 55.7 Å². The topological polar surface area (TPSA) is 50.6 Å². The van der Waals surface area contributed by atoms with Crippen LogP contribution in [0.2, 0.25) is 0 Å². The number of carbonyl (C=O) groups excluding carboxylic acids is 1. The highest BCUT2D eigenvalue weighted by Crippen LogP contribution is 2.26. The largest absolute Gasteiger partial charge is 0.379 e. The maximum Gasteiger partial charge on any atom is 0.255 e. The molecule has 2 saturated heterocycles. The van der Waals surface area contributed by atoms with Crippen molar-refractivity contribution in [3.8, 4) is 5.13 Å². The minimum Gasteiger partial charge on any atom is -0.379 e. The maximum atomic E-state index is 13.1. The number of amides is 1. The van der Waals surface area contributed by atoms with Gasteiger partial charge in [-0.15, -0.1) is 11.3 Å². The van der Waals surface area contributed by atoms with Gasteiger partial charge in [-0.25, -0.2) is 4.98 Å². The van der Waals surface area contributed by atoms with E-state index in [1.165, 1.54) is 0 Å². The van der Waals surface area contributed by atoms with Crippen molar-refractivity contribution in [3.05, 3.63) is 34.6 Å². The molecule has 7 heteroatoms. The van der Waals surface area contributed by atoms with Gasteiger partial charge in [-0.2, -0.15) is 0 Å². The van der Waals surface area contributed by atoms with Gasteiger partial charge in [0.25, 0.3) is 5.91 Å². The van der Waals surface area contributed by atoms with E-state index in [9.17, 15) is 4.79 Å². The van der Waals surface area contributed by atoms with Gasteiger partial charge in [0.05, 0.1) is 18.8 Å². The van der Waals surface area contributed by atoms with Crippen molar-refractivity contribution in [2.24, 2.45) is 5.92 Å². The van der Waals surface area contributed by atoms with Gasteiger partial charge in [0.1, 0.15) is 0 Å². The molecular weight excluding hydrogens is 360 g/mol. The lowest BCUT2D eigenvalue weighted by Crippen LogP contribution is -2.44. The van der Waals surface area contributed by atoms with Crippen LogP contribution in [0.3, 0.4) is 0 Å². The molecule has 2 fully saturated rings. The summed E-state index contributed by atoms with van der Waals surface area (Å²) in [6.07, 6.45) is 3.99. The van der Waals surface area contributed by atoms with Crippen LogP contribution in [0.4, 0.5) is 0 Å². The lowest BCUT2D eigenvalue weighted by atomic mass is 9.95. The van der Waals surface area contributed by atoms with Gasteiger partial charge in [-0.05, 0) is 38.7 Å².